The summed E-state index contributed by atoms with van der Waals surface area (Å²) in [6, 6.07) is 1.63. The van der Waals surface area contributed by atoms with E-state index in [0.717, 1.165) is 45.0 Å². The second-order valence-electron chi connectivity index (χ2n) is 7.20. The number of ether oxygens (including phenoxy) is 1. The maximum absolute atomic E-state index is 13.5. The topological polar surface area (TPSA) is 77.2 Å². The molecule has 0 saturated carbocycles. The van der Waals surface area contributed by atoms with Crippen LogP contribution in [0.4, 0.5) is 16.0 Å². The van der Waals surface area contributed by atoms with Gasteiger partial charge in [-0.15, -0.1) is 0 Å². The molecule has 2 N–H and O–H groups in total. The maximum Gasteiger partial charge on any atom is 0.232 e. The average Bonchev–Trinajstić information content (AvgIpc) is 3.01. The number of nitrogens with zero attached hydrogens (tertiary/aromatic N) is 4. The van der Waals surface area contributed by atoms with Crippen LogP contribution in [0.3, 0.4) is 0 Å². The van der Waals surface area contributed by atoms with Crippen molar-refractivity contribution in [2.24, 2.45) is 11.3 Å². The van der Waals surface area contributed by atoms with Crippen LogP contribution in [0.2, 0.25) is 5.02 Å². The largest absolute Gasteiger partial charge is 0.381 e. The molecule has 0 radical (unpaired) electrons. The molecule has 4 heterocycles. The van der Waals surface area contributed by atoms with E-state index < -0.39 is 5.95 Å². The van der Waals surface area contributed by atoms with Crippen molar-refractivity contribution < 1.29 is 9.13 Å². The highest BCUT2D eigenvalue weighted by Gasteiger charge is 2.43. The third kappa shape index (κ3) is 3.58. The monoisotopic (exact) mass is 409 g/mol. The van der Waals surface area contributed by atoms with Crippen molar-refractivity contribution in [3.8, 4) is 0 Å². The molecule has 27 heavy (non-hydrogen) atoms. The molecule has 2 aliphatic heterocycles. The second kappa shape index (κ2) is 7.41. The van der Waals surface area contributed by atoms with E-state index in [4.69, 9.17) is 22.1 Å². The van der Waals surface area contributed by atoms with Gasteiger partial charge in [0, 0.05) is 36.2 Å². The fraction of sp³-hybridized carbons (Fsp3) is 0.500. The van der Waals surface area contributed by atoms with Crippen molar-refractivity contribution in [3.05, 3.63) is 29.4 Å². The zero-order valence-corrected chi connectivity index (χ0v) is 16.6. The smallest absolute Gasteiger partial charge is 0.232 e. The van der Waals surface area contributed by atoms with Crippen LogP contribution in [0, 0.1) is 17.3 Å². The summed E-state index contributed by atoms with van der Waals surface area (Å²) in [4.78, 5) is 15.2. The summed E-state index contributed by atoms with van der Waals surface area (Å²) < 4.78 is 19.2. The molecule has 2 aromatic heterocycles. The SMILES string of the molecule is C[C@@H]1COCC12CCN(c1cnc(Sc3ccnc(F)c3Cl)c(N)n1)CC2. The Morgan fingerprint density at radius 3 is 2.81 bits per heavy atom. The number of piperidine rings is 1. The van der Waals surface area contributed by atoms with Crippen LogP contribution in [0.1, 0.15) is 19.8 Å². The van der Waals surface area contributed by atoms with E-state index >= 15 is 0 Å². The van der Waals surface area contributed by atoms with Gasteiger partial charge in [-0.1, -0.05) is 30.3 Å². The van der Waals surface area contributed by atoms with E-state index in [2.05, 4.69) is 26.8 Å². The lowest BCUT2D eigenvalue weighted by atomic mass is 9.72. The molecule has 0 bridgehead atoms. The summed E-state index contributed by atoms with van der Waals surface area (Å²) in [7, 11) is 0. The van der Waals surface area contributed by atoms with Gasteiger partial charge in [-0.25, -0.2) is 15.0 Å². The highest BCUT2D eigenvalue weighted by atomic mass is 35.5. The summed E-state index contributed by atoms with van der Waals surface area (Å²) >= 11 is 7.13. The Balaban J connectivity index is 1.47. The number of anilines is 2. The van der Waals surface area contributed by atoms with Gasteiger partial charge in [0.05, 0.1) is 12.8 Å². The molecule has 1 spiro atoms. The van der Waals surface area contributed by atoms with Gasteiger partial charge in [-0.2, -0.15) is 4.39 Å². The van der Waals surface area contributed by atoms with Gasteiger partial charge in [0.25, 0.3) is 0 Å². The lowest BCUT2D eigenvalue weighted by Gasteiger charge is -2.41. The summed E-state index contributed by atoms with van der Waals surface area (Å²) in [5.41, 5.74) is 6.41. The molecule has 9 heteroatoms. The van der Waals surface area contributed by atoms with Crippen LogP contribution >= 0.6 is 23.4 Å². The van der Waals surface area contributed by atoms with Crippen LogP contribution in [0.15, 0.2) is 28.4 Å². The van der Waals surface area contributed by atoms with Crippen molar-refractivity contribution in [2.75, 3.05) is 36.9 Å². The number of nitrogen functional groups attached to an aromatic ring is 1. The molecule has 6 nitrogen and oxygen atoms in total. The lowest BCUT2D eigenvalue weighted by molar-refractivity contribution is 0.127. The molecule has 0 unspecified atom stereocenters. The highest BCUT2D eigenvalue weighted by molar-refractivity contribution is 7.99. The summed E-state index contributed by atoms with van der Waals surface area (Å²) in [5.74, 6) is 0.964. The zero-order chi connectivity index (χ0) is 19.0. The van der Waals surface area contributed by atoms with Crippen LogP contribution in [-0.4, -0.2) is 41.3 Å². The fourth-order valence-electron chi connectivity index (χ4n) is 3.77. The molecular weight excluding hydrogens is 389 g/mol. The first-order chi connectivity index (χ1) is 13.0. The fourth-order valence-corrected chi connectivity index (χ4v) is 4.77. The first-order valence-corrected chi connectivity index (χ1v) is 10.1. The molecule has 0 aromatic carbocycles. The molecule has 144 valence electrons. The molecule has 4 rings (SSSR count). The average molecular weight is 410 g/mol. The minimum atomic E-state index is -0.711. The summed E-state index contributed by atoms with van der Waals surface area (Å²) in [6.07, 6.45) is 5.24. The molecule has 2 aromatic rings. The third-order valence-electron chi connectivity index (χ3n) is 5.66. The lowest BCUT2D eigenvalue weighted by Crippen LogP contribution is -2.43. The Morgan fingerprint density at radius 2 is 2.15 bits per heavy atom. The third-order valence-corrected chi connectivity index (χ3v) is 7.19. The van der Waals surface area contributed by atoms with Crippen LogP contribution in [0.5, 0.6) is 0 Å². The Morgan fingerprint density at radius 1 is 1.37 bits per heavy atom. The van der Waals surface area contributed by atoms with Crippen molar-refractivity contribution in [1.82, 2.24) is 15.0 Å². The highest BCUT2D eigenvalue weighted by Crippen LogP contribution is 2.44. The first-order valence-electron chi connectivity index (χ1n) is 8.91. The van der Waals surface area contributed by atoms with Crippen molar-refractivity contribution >= 4 is 35.0 Å². The van der Waals surface area contributed by atoms with E-state index in [1.54, 1.807) is 12.3 Å². The van der Waals surface area contributed by atoms with Gasteiger partial charge >= 0.3 is 0 Å². The van der Waals surface area contributed by atoms with Crippen LogP contribution < -0.4 is 10.6 Å². The van der Waals surface area contributed by atoms with Crippen LogP contribution in [0.25, 0.3) is 0 Å². The minimum Gasteiger partial charge on any atom is -0.381 e. The zero-order valence-electron chi connectivity index (χ0n) is 15.0. The standard InChI is InChI=1S/C18H21ClFN5OS/c1-11-9-26-10-18(11)3-6-25(7-4-18)13-8-23-17(16(21)24-13)27-12-2-5-22-15(20)14(12)19/h2,5,8,11H,3-4,6-7,9-10H2,1H3,(H2,21,24)/t11-/m1/s1. The van der Waals surface area contributed by atoms with E-state index in [1.165, 1.54) is 18.0 Å². The van der Waals surface area contributed by atoms with Crippen molar-refractivity contribution in [2.45, 2.75) is 29.7 Å². The number of hydrogen-bond acceptors (Lipinski definition) is 7. The Hall–Kier alpha value is -1.64. The predicted octanol–water partition coefficient (Wildman–Crippen LogP) is 3.65. The molecule has 2 aliphatic rings. The summed E-state index contributed by atoms with van der Waals surface area (Å²) in [5, 5.41) is 0.458. The first kappa shape index (κ1) is 18.7. The number of hydrogen-bond donors (Lipinski definition) is 1. The predicted molar refractivity (Wildman–Crippen MR) is 104 cm³/mol. The molecule has 0 aliphatic carbocycles. The minimum absolute atomic E-state index is 0.0398. The summed E-state index contributed by atoms with van der Waals surface area (Å²) in [6.45, 7) is 5.82. The van der Waals surface area contributed by atoms with E-state index in [9.17, 15) is 4.39 Å². The maximum atomic E-state index is 13.5. The Kier molecular flexibility index (Phi) is 5.13. The Bertz CT molecular complexity index is 846. The molecule has 1 atom stereocenters. The number of pyridine rings is 1. The molecular formula is C18H21ClFN5OS. The van der Waals surface area contributed by atoms with Gasteiger partial charge in [0.1, 0.15) is 15.9 Å². The van der Waals surface area contributed by atoms with Gasteiger partial charge < -0.3 is 15.4 Å². The van der Waals surface area contributed by atoms with Crippen molar-refractivity contribution in [3.63, 3.8) is 0 Å². The van der Waals surface area contributed by atoms with Gasteiger partial charge in [-0.3, -0.25) is 0 Å². The molecule has 0 amide bonds. The molecule has 2 fully saturated rings. The van der Waals surface area contributed by atoms with Crippen molar-refractivity contribution in [1.29, 1.82) is 0 Å². The number of rotatable bonds is 3. The van der Waals surface area contributed by atoms with E-state index in [0.29, 0.717) is 27.1 Å². The quantitative estimate of drug-likeness (QED) is 0.775. The molecule has 2 saturated heterocycles. The van der Waals surface area contributed by atoms with Gasteiger partial charge in [-0.05, 0) is 24.8 Å². The second-order valence-corrected chi connectivity index (χ2v) is 8.61. The number of halogens is 2. The van der Waals surface area contributed by atoms with Gasteiger partial charge in [0.2, 0.25) is 5.95 Å². The van der Waals surface area contributed by atoms with Gasteiger partial charge in [0.15, 0.2) is 5.82 Å². The van der Waals surface area contributed by atoms with E-state index in [-0.39, 0.29) is 5.02 Å². The Labute approximate surface area is 166 Å². The normalized spacial score (nSPS) is 21.7. The number of nitrogens with two attached hydrogens (primary N) is 1. The van der Waals surface area contributed by atoms with E-state index in [1.807, 2.05) is 0 Å². The number of aromatic nitrogens is 3. The van der Waals surface area contributed by atoms with Crippen LogP contribution in [-0.2, 0) is 4.74 Å².